The molecular formula is C16H17N3O4S. The van der Waals surface area contributed by atoms with Crippen LogP contribution in [0.15, 0.2) is 23.0 Å². The Balaban J connectivity index is 1.64. The molecule has 1 atom stereocenters. The Bertz CT molecular complexity index is 1010. The van der Waals surface area contributed by atoms with Gasteiger partial charge >= 0.3 is 0 Å². The highest BCUT2D eigenvalue weighted by molar-refractivity contribution is 7.91. The van der Waals surface area contributed by atoms with Crippen molar-refractivity contribution in [3.63, 3.8) is 0 Å². The van der Waals surface area contributed by atoms with E-state index in [9.17, 15) is 18.0 Å². The van der Waals surface area contributed by atoms with Gasteiger partial charge in [0, 0.05) is 24.6 Å². The maximum Gasteiger partial charge on any atom is 0.261 e. The fraction of sp³-hybridized carbons (Fsp3) is 0.438. The second kappa shape index (κ2) is 5.41. The van der Waals surface area contributed by atoms with Crippen LogP contribution in [0.25, 0.3) is 10.9 Å². The minimum absolute atomic E-state index is 0.0145. The smallest absolute Gasteiger partial charge is 0.261 e. The van der Waals surface area contributed by atoms with Gasteiger partial charge in [-0.2, -0.15) is 0 Å². The highest BCUT2D eigenvalue weighted by atomic mass is 32.2. The first kappa shape index (κ1) is 15.3. The number of carbonyl (C=O) groups excluding carboxylic acids is 1. The van der Waals surface area contributed by atoms with Crippen LogP contribution in [0.3, 0.4) is 0 Å². The van der Waals surface area contributed by atoms with Crippen molar-refractivity contribution in [2.75, 3.05) is 11.5 Å². The Kier molecular flexibility index (Phi) is 3.45. The molecule has 0 unspecified atom stereocenters. The van der Waals surface area contributed by atoms with Crippen LogP contribution in [0, 0.1) is 0 Å². The average molecular weight is 347 g/mol. The SMILES string of the molecule is O=C(N[C@H]1CCS(=O)(=O)C1)c1ccc2c(=O)n3c(nc2c1)CCC3. The summed E-state index contributed by atoms with van der Waals surface area (Å²) in [6.45, 7) is 0.690. The summed E-state index contributed by atoms with van der Waals surface area (Å²) in [6, 6.07) is 4.47. The third-order valence-corrected chi connectivity index (χ3v) is 6.41. The number of nitrogens with one attached hydrogen (secondary N) is 1. The van der Waals surface area contributed by atoms with Crippen molar-refractivity contribution in [3.8, 4) is 0 Å². The normalized spacial score (nSPS) is 21.8. The quantitative estimate of drug-likeness (QED) is 0.840. The van der Waals surface area contributed by atoms with Crippen molar-refractivity contribution in [1.82, 2.24) is 14.9 Å². The summed E-state index contributed by atoms with van der Waals surface area (Å²) in [5.41, 5.74) is 0.836. The van der Waals surface area contributed by atoms with Crippen molar-refractivity contribution < 1.29 is 13.2 Å². The van der Waals surface area contributed by atoms with E-state index in [1.54, 1.807) is 22.8 Å². The van der Waals surface area contributed by atoms with Crippen molar-refractivity contribution in [3.05, 3.63) is 39.9 Å². The summed E-state index contributed by atoms with van der Waals surface area (Å²) >= 11 is 0. The number of carbonyl (C=O) groups is 1. The predicted octanol–water partition coefficient (Wildman–Crippen LogP) is 0.260. The molecular weight excluding hydrogens is 330 g/mol. The van der Waals surface area contributed by atoms with Gasteiger partial charge in [-0.05, 0) is 31.0 Å². The summed E-state index contributed by atoms with van der Waals surface area (Å²) in [5.74, 6) is 0.521. The molecule has 1 aromatic carbocycles. The summed E-state index contributed by atoms with van der Waals surface area (Å²) < 4.78 is 24.6. The second-order valence-corrected chi connectivity index (χ2v) is 8.62. The van der Waals surface area contributed by atoms with Crippen LogP contribution in [0.2, 0.25) is 0 Å². The van der Waals surface area contributed by atoms with Crippen LogP contribution in [0.1, 0.15) is 29.0 Å². The number of benzene rings is 1. The van der Waals surface area contributed by atoms with Gasteiger partial charge in [-0.1, -0.05) is 0 Å². The lowest BCUT2D eigenvalue weighted by atomic mass is 10.1. The molecule has 0 bridgehead atoms. The molecule has 1 saturated heterocycles. The number of hydrogen-bond donors (Lipinski definition) is 1. The van der Waals surface area contributed by atoms with Crippen LogP contribution in [-0.2, 0) is 22.8 Å². The number of aromatic nitrogens is 2. The van der Waals surface area contributed by atoms with Gasteiger partial charge in [0.2, 0.25) is 0 Å². The Labute approximate surface area is 138 Å². The number of rotatable bonds is 2. The highest BCUT2D eigenvalue weighted by Crippen LogP contribution is 2.17. The first-order chi connectivity index (χ1) is 11.4. The lowest BCUT2D eigenvalue weighted by Crippen LogP contribution is -2.35. The third-order valence-electron chi connectivity index (χ3n) is 4.65. The highest BCUT2D eigenvalue weighted by Gasteiger charge is 2.29. The number of aryl methyl sites for hydroxylation is 1. The van der Waals surface area contributed by atoms with Crippen molar-refractivity contribution in [1.29, 1.82) is 0 Å². The molecule has 8 heteroatoms. The van der Waals surface area contributed by atoms with E-state index in [4.69, 9.17) is 0 Å². The zero-order chi connectivity index (χ0) is 16.9. The van der Waals surface area contributed by atoms with Gasteiger partial charge in [0.1, 0.15) is 5.82 Å². The van der Waals surface area contributed by atoms with Crippen LogP contribution in [-0.4, -0.2) is 41.4 Å². The molecule has 1 fully saturated rings. The van der Waals surface area contributed by atoms with Gasteiger partial charge in [-0.3, -0.25) is 14.2 Å². The molecule has 2 aliphatic rings. The molecule has 7 nitrogen and oxygen atoms in total. The molecule has 0 aliphatic carbocycles. The van der Waals surface area contributed by atoms with E-state index in [-0.39, 0.29) is 29.0 Å². The van der Waals surface area contributed by atoms with E-state index >= 15 is 0 Å². The molecule has 126 valence electrons. The van der Waals surface area contributed by atoms with E-state index in [0.29, 0.717) is 29.4 Å². The number of fused-ring (bicyclic) bond motifs is 2. The monoisotopic (exact) mass is 347 g/mol. The van der Waals surface area contributed by atoms with E-state index in [2.05, 4.69) is 10.3 Å². The van der Waals surface area contributed by atoms with Crippen LogP contribution in [0.4, 0.5) is 0 Å². The van der Waals surface area contributed by atoms with Gasteiger partial charge in [0.05, 0.1) is 22.4 Å². The fourth-order valence-electron chi connectivity index (χ4n) is 3.40. The number of amides is 1. The summed E-state index contributed by atoms with van der Waals surface area (Å²) in [4.78, 5) is 29.3. The van der Waals surface area contributed by atoms with Gasteiger partial charge < -0.3 is 5.32 Å². The molecule has 0 radical (unpaired) electrons. The minimum atomic E-state index is -3.04. The maximum absolute atomic E-state index is 12.4. The Hall–Kier alpha value is -2.22. The molecule has 1 amide bonds. The zero-order valence-electron chi connectivity index (χ0n) is 13.0. The first-order valence-corrected chi connectivity index (χ1v) is 9.80. The summed E-state index contributed by atoms with van der Waals surface area (Å²) in [5, 5.41) is 3.25. The number of hydrogen-bond acceptors (Lipinski definition) is 5. The predicted molar refractivity (Wildman–Crippen MR) is 88.8 cm³/mol. The first-order valence-electron chi connectivity index (χ1n) is 7.98. The molecule has 4 rings (SSSR count). The Morgan fingerprint density at radius 3 is 2.92 bits per heavy atom. The lowest BCUT2D eigenvalue weighted by Gasteiger charge is -2.11. The van der Waals surface area contributed by atoms with Crippen LogP contribution < -0.4 is 10.9 Å². The van der Waals surface area contributed by atoms with E-state index in [1.165, 1.54) is 0 Å². The largest absolute Gasteiger partial charge is 0.348 e. The number of nitrogens with zero attached hydrogens (tertiary/aromatic N) is 2. The molecule has 1 aromatic heterocycles. The topological polar surface area (TPSA) is 98.1 Å². The van der Waals surface area contributed by atoms with Crippen molar-refractivity contribution >= 4 is 26.6 Å². The number of sulfone groups is 1. The lowest BCUT2D eigenvalue weighted by molar-refractivity contribution is 0.0941. The maximum atomic E-state index is 12.4. The standard InChI is InChI=1S/C16H17N3O4S/c20-15(17-11-5-7-24(22,23)9-11)10-3-4-12-13(8-10)18-14-2-1-6-19(14)16(12)21/h3-4,8,11H,1-2,5-7,9H2,(H,17,20)/t11-/m0/s1. The molecule has 24 heavy (non-hydrogen) atoms. The van der Waals surface area contributed by atoms with Crippen molar-refractivity contribution in [2.24, 2.45) is 0 Å². The van der Waals surface area contributed by atoms with Gasteiger partial charge in [-0.15, -0.1) is 0 Å². The second-order valence-electron chi connectivity index (χ2n) is 6.39. The molecule has 0 saturated carbocycles. The average Bonchev–Trinajstić information content (AvgIpc) is 3.13. The molecule has 3 heterocycles. The van der Waals surface area contributed by atoms with Gasteiger partial charge in [0.25, 0.3) is 11.5 Å². The van der Waals surface area contributed by atoms with Gasteiger partial charge in [0.15, 0.2) is 9.84 Å². The summed E-state index contributed by atoms with van der Waals surface area (Å²) in [6.07, 6.45) is 2.11. The minimum Gasteiger partial charge on any atom is -0.348 e. The molecule has 0 spiro atoms. The fourth-order valence-corrected chi connectivity index (χ4v) is 5.08. The van der Waals surface area contributed by atoms with E-state index in [0.717, 1.165) is 18.7 Å². The van der Waals surface area contributed by atoms with Crippen LogP contribution in [0.5, 0.6) is 0 Å². The summed E-state index contributed by atoms with van der Waals surface area (Å²) in [7, 11) is -3.04. The zero-order valence-corrected chi connectivity index (χ0v) is 13.8. The van der Waals surface area contributed by atoms with E-state index in [1.807, 2.05) is 0 Å². The molecule has 2 aromatic rings. The molecule has 2 aliphatic heterocycles. The Morgan fingerprint density at radius 2 is 2.17 bits per heavy atom. The van der Waals surface area contributed by atoms with Crippen LogP contribution >= 0.6 is 0 Å². The molecule has 1 N–H and O–H groups in total. The third kappa shape index (κ3) is 2.60. The Morgan fingerprint density at radius 1 is 1.33 bits per heavy atom. The van der Waals surface area contributed by atoms with Crippen molar-refractivity contribution in [2.45, 2.75) is 31.8 Å². The van der Waals surface area contributed by atoms with E-state index < -0.39 is 9.84 Å². The van der Waals surface area contributed by atoms with Gasteiger partial charge in [-0.25, -0.2) is 13.4 Å².